The first-order valence-electron chi connectivity index (χ1n) is 11.8. The van der Waals surface area contributed by atoms with Crippen molar-refractivity contribution in [3.05, 3.63) is 35.9 Å². The maximum atomic E-state index is 13.0. The van der Waals surface area contributed by atoms with E-state index in [2.05, 4.69) is 41.5 Å². The van der Waals surface area contributed by atoms with E-state index in [9.17, 15) is 14.7 Å². The summed E-state index contributed by atoms with van der Waals surface area (Å²) in [7, 11) is 0. The van der Waals surface area contributed by atoms with Crippen LogP contribution in [0.15, 0.2) is 30.3 Å². The number of benzene rings is 1. The summed E-state index contributed by atoms with van der Waals surface area (Å²) in [6.45, 7) is 8.43. The largest absolute Gasteiger partial charge is 0.391 e. The Hall–Kier alpha value is -1.92. The molecule has 1 saturated heterocycles. The van der Waals surface area contributed by atoms with Crippen molar-refractivity contribution in [2.45, 2.75) is 82.9 Å². The summed E-state index contributed by atoms with van der Waals surface area (Å²) in [5.74, 6) is 0.116. The minimum atomic E-state index is -0.564. The lowest BCUT2D eigenvalue weighted by atomic mass is 9.74. The van der Waals surface area contributed by atoms with Crippen LogP contribution in [0.2, 0.25) is 0 Å². The van der Waals surface area contributed by atoms with Crippen LogP contribution >= 0.6 is 0 Å². The molecule has 0 radical (unpaired) electrons. The third-order valence-corrected chi connectivity index (χ3v) is 7.32. The second-order valence-electron chi connectivity index (χ2n) is 9.72. The van der Waals surface area contributed by atoms with Gasteiger partial charge < -0.3 is 20.6 Å². The predicted octanol–water partition coefficient (Wildman–Crippen LogP) is 2.60. The third-order valence-electron chi connectivity index (χ3n) is 7.32. The molecule has 3 atom stereocenters. The number of amides is 2. The molecule has 6 nitrogen and oxygen atoms in total. The highest BCUT2D eigenvalue weighted by Gasteiger charge is 2.39. The van der Waals surface area contributed by atoms with E-state index in [0.717, 1.165) is 38.8 Å². The maximum absolute atomic E-state index is 13.0. The lowest BCUT2D eigenvalue weighted by molar-refractivity contribution is -0.127. The van der Waals surface area contributed by atoms with E-state index in [1.807, 2.05) is 18.2 Å². The Bertz CT molecular complexity index is 731. The topological polar surface area (TPSA) is 81.7 Å². The van der Waals surface area contributed by atoms with E-state index < -0.39 is 6.10 Å². The Kier molecular flexibility index (Phi) is 8.11. The number of rotatable bonds is 6. The summed E-state index contributed by atoms with van der Waals surface area (Å²) < 4.78 is 0. The monoisotopic (exact) mass is 429 g/mol. The van der Waals surface area contributed by atoms with Gasteiger partial charge in [-0.3, -0.25) is 9.59 Å². The van der Waals surface area contributed by atoms with Crippen LogP contribution in [0.5, 0.6) is 0 Å². The van der Waals surface area contributed by atoms with Crippen molar-refractivity contribution in [3.63, 3.8) is 0 Å². The fourth-order valence-electron chi connectivity index (χ4n) is 5.24. The van der Waals surface area contributed by atoms with Gasteiger partial charge in [0.2, 0.25) is 11.8 Å². The van der Waals surface area contributed by atoms with Crippen LogP contribution in [0, 0.1) is 5.92 Å². The van der Waals surface area contributed by atoms with E-state index in [4.69, 9.17) is 0 Å². The maximum Gasteiger partial charge on any atom is 0.223 e. The van der Waals surface area contributed by atoms with Gasteiger partial charge in [0.25, 0.3) is 0 Å². The second kappa shape index (κ2) is 10.6. The predicted molar refractivity (Wildman–Crippen MR) is 123 cm³/mol. The van der Waals surface area contributed by atoms with Crippen LogP contribution in [0.4, 0.5) is 0 Å². The zero-order valence-electron chi connectivity index (χ0n) is 19.3. The minimum absolute atomic E-state index is 0.0753. The summed E-state index contributed by atoms with van der Waals surface area (Å²) in [4.78, 5) is 27.0. The number of aliphatic hydroxyl groups excluding tert-OH is 1. The van der Waals surface area contributed by atoms with Crippen molar-refractivity contribution < 1.29 is 14.7 Å². The van der Waals surface area contributed by atoms with Crippen molar-refractivity contribution in [3.8, 4) is 0 Å². The molecule has 2 amide bonds. The number of nitrogens with zero attached hydrogens (tertiary/aromatic N) is 1. The molecule has 1 aliphatic carbocycles. The second-order valence-corrected chi connectivity index (χ2v) is 9.72. The average Bonchev–Trinajstić information content (AvgIpc) is 2.92. The molecule has 172 valence electrons. The fourth-order valence-corrected chi connectivity index (χ4v) is 5.24. The molecule has 1 aromatic carbocycles. The molecule has 2 aliphatic rings. The third kappa shape index (κ3) is 6.07. The molecule has 0 unspecified atom stereocenters. The molecule has 1 saturated carbocycles. The summed E-state index contributed by atoms with van der Waals surface area (Å²) >= 11 is 0. The number of hydrogen-bond acceptors (Lipinski definition) is 4. The molecule has 1 aliphatic heterocycles. The average molecular weight is 430 g/mol. The van der Waals surface area contributed by atoms with Crippen LogP contribution in [0.1, 0.15) is 64.9 Å². The molecule has 1 aromatic rings. The number of aliphatic hydroxyl groups is 1. The van der Waals surface area contributed by atoms with Crippen molar-refractivity contribution >= 4 is 11.8 Å². The van der Waals surface area contributed by atoms with Gasteiger partial charge in [0.15, 0.2) is 0 Å². The van der Waals surface area contributed by atoms with Gasteiger partial charge in [0.1, 0.15) is 0 Å². The lowest BCUT2D eigenvalue weighted by Crippen LogP contribution is -2.46. The molecule has 3 rings (SSSR count). The Morgan fingerprint density at radius 2 is 1.74 bits per heavy atom. The van der Waals surface area contributed by atoms with E-state index in [1.54, 1.807) is 0 Å². The highest BCUT2D eigenvalue weighted by atomic mass is 16.3. The van der Waals surface area contributed by atoms with E-state index in [0.29, 0.717) is 25.4 Å². The summed E-state index contributed by atoms with van der Waals surface area (Å²) in [5.41, 5.74) is 0.963. The van der Waals surface area contributed by atoms with Gasteiger partial charge >= 0.3 is 0 Å². The molecular weight excluding hydrogens is 390 g/mol. The number of carbonyl (C=O) groups is 2. The van der Waals surface area contributed by atoms with Gasteiger partial charge in [0, 0.05) is 30.8 Å². The molecule has 31 heavy (non-hydrogen) atoms. The summed E-state index contributed by atoms with van der Waals surface area (Å²) in [6, 6.07) is 10.6. The molecule has 0 aromatic heterocycles. The fraction of sp³-hybridized carbons (Fsp3) is 0.680. The standard InChI is InChI=1S/C25H39N3O3/c1-18(2)28-15-11-20(12-16-28)24(31)26-17-25(21-7-5-4-6-8-21)13-9-22(27-19(3)29)23(30)10-14-25/h4-8,18,20,22-23,30H,9-17H2,1-3H3,(H,26,31)(H,27,29)/t22-,23-,25-/m0/s1. The Labute approximate surface area is 186 Å². The van der Waals surface area contributed by atoms with Crippen molar-refractivity contribution in [1.82, 2.24) is 15.5 Å². The van der Waals surface area contributed by atoms with E-state index >= 15 is 0 Å². The number of hydrogen-bond donors (Lipinski definition) is 3. The number of likely N-dealkylation sites (tertiary alicyclic amines) is 1. The van der Waals surface area contributed by atoms with Gasteiger partial charge in [0.05, 0.1) is 12.1 Å². The molecule has 6 heteroatoms. The zero-order valence-corrected chi connectivity index (χ0v) is 19.3. The van der Waals surface area contributed by atoms with Crippen LogP contribution in [-0.4, -0.2) is 59.6 Å². The molecular formula is C25H39N3O3. The summed E-state index contributed by atoms with van der Waals surface area (Å²) in [5, 5.41) is 16.8. The number of nitrogens with one attached hydrogen (secondary N) is 2. The first-order chi connectivity index (χ1) is 14.8. The number of carbonyl (C=O) groups excluding carboxylic acids is 2. The van der Waals surface area contributed by atoms with Gasteiger partial charge in [-0.25, -0.2) is 0 Å². The Balaban J connectivity index is 1.69. The minimum Gasteiger partial charge on any atom is -0.391 e. The first-order valence-corrected chi connectivity index (χ1v) is 11.8. The van der Waals surface area contributed by atoms with Gasteiger partial charge in [-0.05, 0) is 71.0 Å². The lowest BCUT2D eigenvalue weighted by Gasteiger charge is -2.36. The highest BCUT2D eigenvalue weighted by molar-refractivity contribution is 5.79. The highest BCUT2D eigenvalue weighted by Crippen LogP contribution is 2.38. The Morgan fingerprint density at radius 3 is 2.35 bits per heavy atom. The molecule has 3 N–H and O–H groups in total. The zero-order chi connectivity index (χ0) is 22.4. The van der Waals surface area contributed by atoms with Crippen molar-refractivity contribution in [1.29, 1.82) is 0 Å². The molecule has 0 spiro atoms. The molecule has 1 heterocycles. The smallest absolute Gasteiger partial charge is 0.223 e. The van der Waals surface area contributed by atoms with Crippen LogP contribution in [0.25, 0.3) is 0 Å². The summed E-state index contributed by atoms with van der Waals surface area (Å²) in [6.07, 6.45) is 4.13. The van der Waals surface area contributed by atoms with Crippen LogP contribution < -0.4 is 10.6 Å². The normalized spacial score (nSPS) is 28.2. The van der Waals surface area contributed by atoms with Gasteiger partial charge in [-0.1, -0.05) is 30.3 Å². The van der Waals surface area contributed by atoms with E-state index in [-0.39, 0.29) is 29.2 Å². The quantitative estimate of drug-likeness (QED) is 0.607. The number of piperidine rings is 1. The molecule has 2 fully saturated rings. The first kappa shape index (κ1) is 23.7. The van der Waals surface area contributed by atoms with Crippen molar-refractivity contribution in [2.24, 2.45) is 5.92 Å². The Morgan fingerprint density at radius 1 is 1.10 bits per heavy atom. The van der Waals surface area contributed by atoms with Crippen LogP contribution in [-0.2, 0) is 15.0 Å². The van der Waals surface area contributed by atoms with E-state index in [1.165, 1.54) is 12.5 Å². The van der Waals surface area contributed by atoms with Crippen LogP contribution in [0.3, 0.4) is 0 Å². The van der Waals surface area contributed by atoms with Gasteiger partial charge in [-0.2, -0.15) is 0 Å². The van der Waals surface area contributed by atoms with Gasteiger partial charge in [-0.15, -0.1) is 0 Å². The molecule has 0 bridgehead atoms. The van der Waals surface area contributed by atoms with Crippen molar-refractivity contribution in [2.75, 3.05) is 19.6 Å². The SMILES string of the molecule is CC(=O)N[C@H]1CC[C@](CNC(=O)C2CCN(C(C)C)CC2)(c2ccccc2)CC[C@@H]1O.